The summed E-state index contributed by atoms with van der Waals surface area (Å²) in [4.78, 5) is 55.1. The van der Waals surface area contributed by atoms with Crippen LogP contribution in [0.25, 0.3) is 0 Å². The van der Waals surface area contributed by atoms with E-state index in [1.54, 1.807) is 0 Å². The van der Waals surface area contributed by atoms with Crippen LogP contribution in [-0.2, 0) is 33.4 Å². The summed E-state index contributed by atoms with van der Waals surface area (Å²) in [5.74, 6) is -1.89. The molecule has 2 aliphatic carbocycles. The van der Waals surface area contributed by atoms with Gasteiger partial charge in [-0.3, -0.25) is 14.4 Å². The van der Waals surface area contributed by atoms with Crippen LogP contribution in [0.5, 0.6) is 0 Å². The highest BCUT2D eigenvalue weighted by Crippen LogP contribution is 2.61. The van der Waals surface area contributed by atoms with Crippen molar-refractivity contribution in [3.05, 3.63) is 46.1 Å². The molecule has 276 valence electrons. The van der Waals surface area contributed by atoms with E-state index in [4.69, 9.17) is 14.2 Å². The van der Waals surface area contributed by atoms with Crippen molar-refractivity contribution in [1.29, 1.82) is 0 Å². The van der Waals surface area contributed by atoms with E-state index in [9.17, 15) is 24.3 Å². The molecule has 0 aromatic carbocycles. The van der Waals surface area contributed by atoms with Gasteiger partial charge in [-0.1, -0.05) is 61.3 Å². The molecule has 8 nitrogen and oxygen atoms in total. The lowest BCUT2D eigenvalue weighted by atomic mass is 9.53. The minimum absolute atomic E-state index is 0.0208. The number of Topliss-reactive ketones (excluding diaryl/α,β-unsaturated/α-hetero) is 1. The molecule has 50 heavy (non-hydrogen) atoms. The van der Waals surface area contributed by atoms with Crippen molar-refractivity contribution < 1.29 is 38.5 Å². The zero-order valence-corrected chi connectivity index (χ0v) is 31.6. The van der Waals surface area contributed by atoms with Crippen LogP contribution in [0, 0.1) is 35.0 Å². The molecule has 4 bridgehead atoms. The molecule has 1 saturated heterocycles. The molecule has 5 aliphatic rings. The summed E-state index contributed by atoms with van der Waals surface area (Å²) in [7, 11) is 0. The Bertz CT molecular complexity index is 1480. The van der Waals surface area contributed by atoms with Crippen molar-refractivity contribution in [1.82, 2.24) is 0 Å². The summed E-state index contributed by atoms with van der Waals surface area (Å²) in [5, 5.41) is 11.3. The first-order valence-electron chi connectivity index (χ1n) is 19.1. The van der Waals surface area contributed by atoms with Gasteiger partial charge >= 0.3 is 17.9 Å². The number of carbonyl (C=O) groups is 4. The Morgan fingerprint density at radius 2 is 1.72 bits per heavy atom. The Labute approximate surface area is 299 Å². The van der Waals surface area contributed by atoms with Crippen LogP contribution >= 0.6 is 0 Å². The fourth-order valence-electron chi connectivity index (χ4n) is 9.82. The SMILES string of the molecule is CC(=O)O[C@H]1C/C(C)=C/CC[C@H](C)CC(=O)C[C@@]23C(=O)O[C@@H]([C@@H]1C(C)C)[C@@H]2CC(C)=C1CCC2=CCC[C@@](C)(OC2=O)[C@@H](O)CC/C(C)=C/[C@@H]13. The summed E-state index contributed by atoms with van der Waals surface area (Å²) in [6.45, 7) is 15.8. The van der Waals surface area contributed by atoms with Crippen LogP contribution in [0.3, 0.4) is 0 Å². The third-order valence-corrected chi connectivity index (χ3v) is 12.6. The standard InChI is InChI=1S/C42H60O8/c1-24(2)37-35(48-29(7)43)21-26(4)12-9-11-25(3)19-31(44)23-42-33-20-27(5)14-17-36(45)41(8)18-10-13-30(39(46)50-41)15-16-32(33)28(6)22-34(42)38(37)49-40(42)47/h12-13,20,24-25,33-38,45H,9-11,14-19,21-23H2,1-8H3/b26-12+,27-20+/t25-,33-,34-,35-,36-,37+,38+,41+,42-/m0/s1. The smallest absolute Gasteiger partial charge is 0.334 e. The van der Waals surface area contributed by atoms with Gasteiger partial charge in [-0.25, -0.2) is 4.79 Å². The first-order chi connectivity index (χ1) is 23.6. The zero-order valence-electron chi connectivity index (χ0n) is 31.6. The fourth-order valence-corrected chi connectivity index (χ4v) is 9.82. The Balaban J connectivity index is 1.69. The Hall–Kier alpha value is -3.00. The van der Waals surface area contributed by atoms with Crippen LogP contribution in [0.4, 0.5) is 0 Å². The largest absolute Gasteiger partial charge is 0.462 e. The van der Waals surface area contributed by atoms with Crippen LogP contribution in [0.15, 0.2) is 46.1 Å². The number of aliphatic hydroxyl groups excluding tert-OH is 1. The highest BCUT2D eigenvalue weighted by molar-refractivity contribution is 5.91. The van der Waals surface area contributed by atoms with Gasteiger partial charge in [0.1, 0.15) is 23.6 Å². The Kier molecular flexibility index (Phi) is 11.7. The van der Waals surface area contributed by atoms with E-state index < -0.39 is 41.2 Å². The number of esters is 3. The Morgan fingerprint density at radius 1 is 0.980 bits per heavy atom. The predicted molar refractivity (Wildman–Crippen MR) is 192 cm³/mol. The number of carbonyl (C=O) groups excluding carboxylic acids is 4. The predicted octanol–water partition coefficient (Wildman–Crippen LogP) is 8.07. The van der Waals surface area contributed by atoms with Gasteiger partial charge in [-0.2, -0.15) is 0 Å². The first kappa shape index (κ1) is 38.2. The number of aliphatic hydroxyl groups is 1. The second-order valence-electron chi connectivity index (χ2n) is 16.9. The van der Waals surface area contributed by atoms with Gasteiger partial charge in [0.25, 0.3) is 0 Å². The normalized spacial score (nSPS) is 39.8. The molecular weight excluding hydrogens is 632 g/mol. The highest BCUT2D eigenvalue weighted by Gasteiger charge is 2.65. The van der Waals surface area contributed by atoms with Crippen molar-refractivity contribution in [2.45, 2.75) is 156 Å². The van der Waals surface area contributed by atoms with Crippen molar-refractivity contribution in [2.75, 3.05) is 0 Å². The zero-order chi connectivity index (χ0) is 36.5. The summed E-state index contributed by atoms with van der Waals surface area (Å²) in [5.41, 5.74) is 2.84. The van der Waals surface area contributed by atoms with Gasteiger partial charge in [0, 0.05) is 49.5 Å². The molecular formula is C42H60O8. The van der Waals surface area contributed by atoms with Crippen LogP contribution in [-0.4, -0.2) is 52.7 Å². The number of hydrogen-bond donors (Lipinski definition) is 1. The lowest BCUT2D eigenvalue weighted by molar-refractivity contribution is -0.166. The maximum absolute atomic E-state index is 14.9. The van der Waals surface area contributed by atoms with Crippen molar-refractivity contribution in [2.24, 2.45) is 35.0 Å². The summed E-state index contributed by atoms with van der Waals surface area (Å²) in [6.07, 6.45) is 10.8. The van der Waals surface area contributed by atoms with Gasteiger partial charge in [-0.15, -0.1) is 0 Å². The maximum Gasteiger partial charge on any atom is 0.334 e. The van der Waals surface area contributed by atoms with E-state index in [-0.39, 0.29) is 47.8 Å². The number of ketones is 1. The number of hydrogen-bond acceptors (Lipinski definition) is 8. The summed E-state index contributed by atoms with van der Waals surface area (Å²) in [6, 6.07) is 0. The molecule has 3 aliphatic heterocycles. The van der Waals surface area contributed by atoms with Gasteiger partial charge in [0.05, 0.1) is 11.5 Å². The molecule has 0 radical (unpaired) electrons. The van der Waals surface area contributed by atoms with Crippen LogP contribution < -0.4 is 0 Å². The molecule has 0 saturated carbocycles. The van der Waals surface area contributed by atoms with E-state index in [2.05, 4.69) is 46.8 Å². The van der Waals surface area contributed by atoms with Crippen molar-refractivity contribution >= 4 is 23.7 Å². The molecule has 0 unspecified atom stereocenters. The van der Waals surface area contributed by atoms with Gasteiger partial charge in [0.15, 0.2) is 0 Å². The van der Waals surface area contributed by atoms with Crippen LogP contribution in [0.2, 0.25) is 0 Å². The second-order valence-corrected chi connectivity index (χ2v) is 16.9. The third kappa shape index (κ3) is 7.75. The molecule has 8 heteroatoms. The number of allylic oxidation sites excluding steroid dienone is 6. The average molecular weight is 693 g/mol. The fraction of sp³-hybridized carbons (Fsp3) is 0.714. The van der Waals surface area contributed by atoms with Crippen molar-refractivity contribution in [3.8, 4) is 0 Å². The number of rotatable bonds is 2. The lowest BCUT2D eigenvalue weighted by Crippen LogP contribution is -2.49. The first-order valence-corrected chi connectivity index (χ1v) is 19.1. The van der Waals surface area contributed by atoms with E-state index >= 15 is 0 Å². The maximum atomic E-state index is 14.9. The molecule has 9 atom stereocenters. The van der Waals surface area contributed by atoms with Crippen molar-refractivity contribution in [3.63, 3.8) is 0 Å². The van der Waals surface area contributed by atoms with Gasteiger partial charge < -0.3 is 19.3 Å². The monoisotopic (exact) mass is 692 g/mol. The molecule has 3 heterocycles. The molecule has 5 rings (SSSR count). The number of ether oxygens (including phenoxy) is 3. The van der Waals surface area contributed by atoms with Gasteiger partial charge in [-0.05, 0) is 97.3 Å². The molecule has 0 amide bonds. The molecule has 1 fully saturated rings. The third-order valence-electron chi connectivity index (χ3n) is 12.6. The number of fused-ring (bicyclic) bond motifs is 4. The quantitative estimate of drug-likeness (QED) is 0.176. The van der Waals surface area contributed by atoms with Gasteiger partial charge in [0.2, 0.25) is 0 Å². The molecule has 0 spiro atoms. The lowest BCUT2D eigenvalue weighted by Gasteiger charge is -2.46. The molecule has 0 aromatic rings. The molecule has 1 N–H and O–H groups in total. The topological polar surface area (TPSA) is 116 Å². The Morgan fingerprint density at radius 3 is 2.42 bits per heavy atom. The average Bonchev–Trinajstić information content (AvgIpc) is 3.17. The van der Waals surface area contributed by atoms with E-state index in [0.29, 0.717) is 63.4 Å². The minimum atomic E-state index is -1.14. The summed E-state index contributed by atoms with van der Waals surface area (Å²) < 4.78 is 18.7. The minimum Gasteiger partial charge on any atom is -0.462 e. The highest BCUT2D eigenvalue weighted by atomic mass is 16.6. The second kappa shape index (κ2) is 15.3. The van der Waals surface area contributed by atoms with E-state index in [0.717, 1.165) is 35.1 Å². The molecule has 0 aromatic heterocycles. The summed E-state index contributed by atoms with van der Waals surface area (Å²) >= 11 is 0. The van der Waals surface area contributed by atoms with Crippen LogP contribution in [0.1, 0.15) is 132 Å². The van der Waals surface area contributed by atoms with E-state index in [1.807, 2.05) is 19.9 Å². The van der Waals surface area contributed by atoms with E-state index in [1.165, 1.54) is 6.92 Å².